The van der Waals surface area contributed by atoms with E-state index in [4.69, 9.17) is 37.4 Å². The normalized spacial score (nSPS) is 10.3. The van der Waals surface area contributed by atoms with Crippen LogP contribution in [0.5, 0.6) is 11.5 Å². The van der Waals surface area contributed by atoms with Crippen LogP contribution in [0.3, 0.4) is 0 Å². The molecule has 33 heavy (non-hydrogen) atoms. The molecule has 1 aromatic heterocycles. The number of amides is 2. The van der Waals surface area contributed by atoms with E-state index in [2.05, 4.69) is 10.6 Å². The lowest BCUT2D eigenvalue weighted by Crippen LogP contribution is -2.21. The van der Waals surface area contributed by atoms with Crippen LogP contribution >= 0.6 is 34.5 Å². The Labute approximate surface area is 203 Å². The van der Waals surface area contributed by atoms with Gasteiger partial charge in [-0.2, -0.15) is 0 Å². The number of carbonyl (C=O) groups excluding carboxylic acids is 3. The van der Waals surface area contributed by atoms with Crippen molar-refractivity contribution in [1.82, 2.24) is 0 Å². The SMILES string of the molecule is COc1cc(C(=O)OCC(=O)Nc2cccc(Cl)c2Cl)cc(NC(=O)c2cccs2)c1OC. The first-order valence-corrected chi connectivity index (χ1v) is 11.0. The number of hydrogen-bond donors (Lipinski definition) is 2. The number of hydrogen-bond acceptors (Lipinski definition) is 7. The molecule has 2 aromatic carbocycles. The lowest BCUT2D eigenvalue weighted by Gasteiger charge is -2.15. The summed E-state index contributed by atoms with van der Waals surface area (Å²) in [5.74, 6) is -1.38. The van der Waals surface area contributed by atoms with Crippen molar-refractivity contribution in [3.05, 3.63) is 68.3 Å². The smallest absolute Gasteiger partial charge is 0.338 e. The van der Waals surface area contributed by atoms with Crippen molar-refractivity contribution >= 4 is 63.7 Å². The molecule has 8 nitrogen and oxygen atoms in total. The van der Waals surface area contributed by atoms with E-state index >= 15 is 0 Å². The van der Waals surface area contributed by atoms with Gasteiger partial charge in [-0.3, -0.25) is 9.59 Å². The van der Waals surface area contributed by atoms with E-state index < -0.39 is 18.5 Å². The maximum Gasteiger partial charge on any atom is 0.338 e. The maximum absolute atomic E-state index is 12.6. The van der Waals surface area contributed by atoms with E-state index in [1.165, 1.54) is 37.7 Å². The zero-order valence-corrected chi connectivity index (χ0v) is 19.8. The minimum Gasteiger partial charge on any atom is -0.493 e. The Morgan fingerprint density at radius 3 is 2.42 bits per heavy atom. The number of halogens is 2. The van der Waals surface area contributed by atoms with Crippen LogP contribution in [0.25, 0.3) is 0 Å². The van der Waals surface area contributed by atoms with Gasteiger partial charge in [0.1, 0.15) is 0 Å². The topological polar surface area (TPSA) is 103 Å². The van der Waals surface area contributed by atoms with E-state index in [-0.39, 0.29) is 44.4 Å². The third-order valence-corrected chi connectivity index (χ3v) is 5.96. The molecule has 2 amide bonds. The average Bonchev–Trinajstić information content (AvgIpc) is 3.35. The second-order valence-corrected chi connectivity index (χ2v) is 8.15. The van der Waals surface area contributed by atoms with Crippen LogP contribution in [-0.2, 0) is 9.53 Å². The molecule has 0 radical (unpaired) electrons. The van der Waals surface area contributed by atoms with Crippen molar-refractivity contribution in [2.75, 3.05) is 31.5 Å². The standard InChI is InChI=1S/C22H18Cl2N2O6S/c1-30-16-10-12(9-15(20(16)31-2)26-21(28)17-7-4-8-33-17)22(29)32-11-18(27)25-14-6-3-5-13(23)19(14)24/h3-10H,11H2,1-2H3,(H,25,27)(H,26,28). The molecule has 1 heterocycles. The van der Waals surface area contributed by atoms with Gasteiger partial charge in [-0.1, -0.05) is 35.3 Å². The molecule has 11 heteroatoms. The fourth-order valence-electron chi connectivity index (χ4n) is 2.77. The van der Waals surface area contributed by atoms with Crippen molar-refractivity contribution < 1.29 is 28.6 Å². The zero-order valence-electron chi connectivity index (χ0n) is 17.4. The van der Waals surface area contributed by atoms with Crippen molar-refractivity contribution in [1.29, 1.82) is 0 Å². The van der Waals surface area contributed by atoms with Gasteiger partial charge in [0.15, 0.2) is 18.1 Å². The summed E-state index contributed by atoms with van der Waals surface area (Å²) in [5, 5.41) is 7.42. The van der Waals surface area contributed by atoms with Crippen molar-refractivity contribution in [3.8, 4) is 11.5 Å². The van der Waals surface area contributed by atoms with Gasteiger partial charge >= 0.3 is 5.97 Å². The molecule has 0 fully saturated rings. The molecule has 0 spiro atoms. The number of esters is 1. The molecule has 2 N–H and O–H groups in total. The highest BCUT2D eigenvalue weighted by atomic mass is 35.5. The van der Waals surface area contributed by atoms with Crippen molar-refractivity contribution in [3.63, 3.8) is 0 Å². The molecule has 0 saturated carbocycles. The van der Waals surface area contributed by atoms with Crippen molar-refractivity contribution in [2.24, 2.45) is 0 Å². The highest BCUT2D eigenvalue weighted by molar-refractivity contribution is 7.12. The monoisotopic (exact) mass is 508 g/mol. The summed E-state index contributed by atoms with van der Waals surface area (Å²) in [4.78, 5) is 37.7. The summed E-state index contributed by atoms with van der Waals surface area (Å²) in [6, 6.07) is 10.9. The Kier molecular flexibility index (Phi) is 8.16. The quantitative estimate of drug-likeness (QED) is 0.409. The highest BCUT2D eigenvalue weighted by Gasteiger charge is 2.20. The van der Waals surface area contributed by atoms with Gasteiger partial charge in [0.25, 0.3) is 11.8 Å². The minimum atomic E-state index is -0.810. The molecule has 0 aliphatic rings. The summed E-state index contributed by atoms with van der Waals surface area (Å²) < 4.78 is 15.7. The molecule has 0 unspecified atom stereocenters. The number of ether oxygens (including phenoxy) is 3. The number of rotatable bonds is 8. The van der Waals surface area contributed by atoms with Gasteiger partial charge < -0.3 is 24.8 Å². The number of thiophene rings is 1. The van der Waals surface area contributed by atoms with E-state index in [0.29, 0.717) is 4.88 Å². The number of nitrogens with one attached hydrogen (secondary N) is 2. The third-order valence-electron chi connectivity index (χ3n) is 4.27. The van der Waals surface area contributed by atoms with Crippen LogP contribution in [0.2, 0.25) is 10.0 Å². The molecule has 172 valence electrons. The van der Waals surface area contributed by atoms with Crippen LogP contribution in [0.1, 0.15) is 20.0 Å². The van der Waals surface area contributed by atoms with Crippen molar-refractivity contribution in [2.45, 2.75) is 0 Å². The van der Waals surface area contributed by atoms with Gasteiger partial charge in [0.05, 0.1) is 46.1 Å². The maximum atomic E-state index is 12.6. The van der Waals surface area contributed by atoms with Gasteiger partial charge in [-0.25, -0.2) is 4.79 Å². The molecular weight excluding hydrogens is 491 g/mol. The Morgan fingerprint density at radius 1 is 0.970 bits per heavy atom. The van der Waals surface area contributed by atoms with Crippen LogP contribution < -0.4 is 20.1 Å². The molecule has 0 aliphatic carbocycles. The van der Waals surface area contributed by atoms with Crippen LogP contribution in [0.15, 0.2) is 47.8 Å². The molecule has 0 saturated heterocycles. The summed E-state index contributed by atoms with van der Waals surface area (Å²) in [7, 11) is 2.79. The van der Waals surface area contributed by atoms with Crippen LogP contribution in [0.4, 0.5) is 11.4 Å². The van der Waals surface area contributed by atoms with Gasteiger partial charge in [0.2, 0.25) is 0 Å². The van der Waals surface area contributed by atoms with Gasteiger partial charge in [-0.15, -0.1) is 11.3 Å². The van der Waals surface area contributed by atoms with Gasteiger partial charge in [0, 0.05) is 0 Å². The number of benzene rings is 2. The van der Waals surface area contributed by atoms with Crippen LogP contribution in [0, 0.1) is 0 Å². The Bertz CT molecular complexity index is 1180. The number of anilines is 2. The number of carbonyl (C=O) groups is 3. The highest BCUT2D eigenvalue weighted by Crippen LogP contribution is 2.37. The first-order chi connectivity index (χ1) is 15.8. The first kappa shape index (κ1) is 24.4. The summed E-state index contributed by atoms with van der Waals surface area (Å²) >= 11 is 13.2. The second kappa shape index (κ2) is 11.0. The number of methoxy groups -OCH3 is 2. The van der Waals surface area contributed by atoms with E-state index in [0.717, 1.165) is 0 Å². The lowest BCUT2D eigenvalue weighted by molar-refractivity contribution is -0.119. The molecular formula is C22H18Cl2N2O6S. The van der Waals surface area contributed by atoms with E-state index in [1.54, 1.807) is 35.7 Å². The Balaban J connectivity index is 1.74. The van der Waals surface area contributed by atoms with Gasteiger partial charge in [-0.05, 0) is 35.7 Å². The fraction of sp³-hybridized carbons (Fsp3) is 0.136. The zero-order chi connectivity index (χ0) is 24.0. The molecule has 0 atom stereocenters. The average molecular weight is 509 g/mol. The predicted octanol–water partition coefficient (Wildman–Crippen LogP) is 5.12. The largest absolute Gasteiger partial charge is 0.493 e. The molecule has 3 aromatic rings. The van der Waals surface area contributed by atoms with Crippen LogP contribution in [-0.4, -0.2) is 38.6 Å². The lowest BCUT2D eigenvalue weighted by atomic mass is 10.1. The first-order valence-electron chi connectivity index (χ1n) is 9.36. The summed E-state index contributed by atoms with van der Waals surface area (Å²) in [6.45, 7) is -0.576. The molecule has 0 bridgehead atoms. The summed E-state index contributed by atoms with van der Waals surface area (Å²) in [6.07, 6.45) is 0. The van der Waals surface area contributed by atoms with E-state index in [1.807, 2.05) is 0 Å². The van der Waals surface area contributed by atoms with E-state index in [9.17, 15) is 14.4 Å². The summed E-state index contributed by atoms with van der Waals surface area (Å²) in [5.41, 5.74) is 0.537. The Hall–Kier alpha value is -3.27. The predicted molar refractivity (Wildman–Crippen MR) is 127 cm³/mol. The minimum absolute atomic E-state index is 0.0442. The third kappa shape index (κ3) is 5.95. The second-order valence-electron chi connectivity index (χ2n) is 6.42. The molecule has 3 rings (SSSR count). The Morgan fingerprint density at radius 2 is 1.76 bits per heavy atom. The fourth-order valence-corrected chi connectivity index (χ4v) is 3.73. The molecule has 0 aliphatic heterocycles.